The topological polar surface area (TPSA) is 217 Å². The summed E-state index contributed by atoms with van der Waals surface area (Å²) in [6.07, 6.45) is -4.90. The molecule has 4 fully saturated rings. The van der Waals surface area contributed by atoms with Gasteiger partial charge in [0, 0.05) is 30.1 Å². The predicted molar refractivity (Wildman–Crippen MR) is 180 cm³/mol. The lowest BCUT2D eigenvalue weighted by molar-refractivity contribution is -0.311. The lowest BCUT2D eigenvalue weighted by Gasteiger charge is -2.64. The van der Waals surface area contributed by atoms with Gasteiger partial charge in [-0.25, -0.2) is 0 Å². The van der Waals surface area contributed by atoms with Crippen molar-refractivity contribution in [2.45, 2.75) is 142 Å². The van der Waals surface area contributed by atoms with Crippen LogP contribution >= 0.6 is 0 Å². The molecule has 0 aromatic carbocycles. The Morgan fingerprint density at radius 3 is 2.22 bits per heavy atom. The van der Waals surface area contributed by atoms with E-state index in [1.807, 2.05) is 26.8 Å². The molecule has 14 atom stereocenters. The quantitative estimate of drug-likeness (QED) is 0.119. The summed E-state index contributed by atoms with van der Waals surface area (Å²) in [6.45, 7) is 14.4. The molecular weight excluding hydrogens is 664 g/mol. The van der Waals surface area contributed by atoms with Gasteiger partial charge in [0.25, 0.3) is 0 Å². The number of ether oxygens (including phenoxy) is 3. The molecule has 0 aromatic heterocycles. The van der Waals surface area contributed by atoms with Gasteiger partial charge >= 0.3 is 5.97 Å². The average molecular weight is 721 g/mol. The largest absolute Gasteiger partial charge is 0.456 e. The summed E-state index contributed by atoms with van der Waals surface area (Å²) in [7, 11) is 0. The number of aliphatic hydroxyl groups excluding tert-OH is 5. The number of rotatable bonds is 8. The smallest absolute Gasteiger partial charge is 0.303 e. The van der Waals surface area contributed by atoms with Crippen LogP contribution in [0.1, 0.15) is 88.0 Å². The molecule has 1 saturated heterocycles. The van der Waals surface area contributed by atoms with Gasteiger partial charge < -0.3 is 44.8 Å². The fourth-order valence-electron chi connectivity index (χ4n) is 10.8. The third-order valence-electron chi connectivity index (χ3n) is 13.7. The fourth-order valence-corrected chi connectivity index (χ4v) is 10.8. The van der Waals surface area contributed by atoms with Crippen LogP contribution in [-0.4, -0.2) is 115 Å². The zero-order valence-electron chi connectivity index (χ0n) is 31.1. The van der Waals surface area contributed by atoms with E-state index in [-0.39, 0.29) is 36.7 Å². The molecule has 5 rings (SSSR count). The molecule has 13 nitrogen and oxygen atoms in total. The highest BCUT2D eigenvalue weighted by Crippen LogP contribution is 2.74. The Hall–Kier alpha value is -2.36. The van der Waals surface area contributed by atoms with E-state index in [4.69, 9.17) is 14.2 Å². The number of allylic oxidation sites excluding steroid dienone is 2. The van der Waals surface area contributed by atoms with Crippen LogP contribution in [-0.2, 0) is 33.4 Å². The number of carbonyl (C=O) groups is 4. The molecule has 0 bridgehead atoms. The van der Waals surface area contributed by atoms with Gasteiger partial charge in [-0.1, -0.05) is 32.4 Å². The van der Waals surface area contributed by atoms with E-state index < -0.39 is 106 Å². The van der Waals surface area contributed by atoms with Crippen molar-refractivity contribution in [3.63, 3.8) is 0 Å². The van der Waals surface area contributed by atoms with Crippen molar-refractivity contribution in [3.05, 3.63) is 23.8 Å². The molecule has 286 valence electrons. The number of esters is 1. The first-order chi connectivity index (χ1) is 23.3. The number of hydrogen-bond donors (Lipinski definition) is 6. The first-order valence-electron chi connectivity index (χ1n) is 17.9. The molecule has 1 aliphatic heterocycles. The maximum atomic E-state index is 14.8. The Kier molecular flexibility index (Phi) is 10.1. The maximum absolute atomic E-state index is 14.8. The number of aliphatic hydroxyl groups is 6. The summed E-state index contributed by atoms with van der Waals surface area (Å²) >= 11 is 0. The monoisotopic (exact) mass is 720 g/mol. The molecule has 6 N–H and O–H groups in total. The first-order valence-corrected chi connectivity index (χ1v) is 17.9. The zero-order valence-corrected chi connectivity index (χ0v) is 31.1. The van der Waals surface area contributed by atoms with Crippen molar-refractivity contribution in [2.24, 2.45) is 39.4 Å². The van der Waals surface area contributed by atoms with Crippen molar-refractivity contribution in [1.29, 1.82) is 0 Å². The average Bonchev–Trinajstić information content (AvgIpc) is 3.22. The highest BCUT2D eigenvalue weighted by Gasteiger charge is 2.74. The third-order valence-corrected chi connectivity index (χ3v) is 13.7. The molecule has 0 spiro atoms. The van der Waals surface area contributed by atoms with E-state index in [0.717, 1.165) is 11.6 Å². The first kappa shape index (κ1) is 39.8. The number of Topliss-reactive ketones (excluding diaryl/α,β-unsaturated/α-hetero) is 2. The van der Waals surface area contributed by atoms with Gasteiger partial charge in [0.15, 0.2) is 17.9 Å². The van der Waals surface area contributed by atoms with Crippen molar-refractivity contribution >= 4 is 23.3 Å². The number of ketones is 3. The normalized spacial score (nSPS) is 45.0. The van der Waals surface area contributed by atoms with Crippen LogP contribution in [0, 0.1) is 39.4 Å². The minimum atomic E-state index is -2.08. The minimum absolute atomic E-state index is 0.0549. The summed E-state index contributed by atoms with van der Waals surface area (Å²) < 4.78 is 16.9. The highest BCUT2D eigenvalue weighted by atomic mass is 16.7. The van der Waals surface area contributed by atoms with Gasteiger partial charge in [-0.2, -0.15) is 0 Å². The number of carbonyl (C=O) groups excluding carboxylic acids is 4. The van der Waals surface area contributed by atoms with E-state index in [0.29, 0.717) is 6.42 Å². The van der Waals surface area contributed by atoms with E-state index in [9.17, 15) is 49.8 Å². The summed E-state index contributed by atoms with van der Waals surface area (Å²) in [6, 6.07) is 0. The van der Waals surface area contributed by atoms with Crippen LogP contribution in [0.5, 0.6) is 0 Å². The van der Waals surface area contributed by atoms with Crippen LogP contribution in [0.2, 0.25) is 0 Å². The van der Waals surface area contributed by atoms with Crippen molar-refractivity contribution in [2.75, 3.05) is 6.61 Å². The summed E-state index contributed by atoms with van der Waals surface area (Å²) in [5.41, 5.74) is -6.34. The highest BCUT2D eigenvalue weighted by molar-refractivity contribution is 5.98. The van der Waals surface area contributed by atoms with E-state index in [2.05, 4.69) is 0 Å². The molecule has 13 heteroatoms. The number of hydrogen-bond acceptors (Lipinski definition) is 13. The van der Waals surface area contributed by atoms with Crippen LogP contribution in [0.25, 0.3) is 0 Å². The van der Waals surface area contributed by atoms with Crippen molar-refractivity contribution in [3.8, 4) is 0 Å². The molecule has 51 heavy (non-hydrogen) atoms. The Morgan fingerprint density at radius 1 is 1.00 bits per heavy atom. The lowest BCUT2D eigenvalue weighted by Crippen LogP contribution is -2.66. The lowest BCUT2D eigenvalue weighted by atomic mass is 9.38. The van der Waals surface area contributed by atoms with Crippen molar-refractivity contribution in [1.82, 2.24) is 0 Å². The molecule has 0 amide bonds. The maximum Gasteiger partial charge on any atom is 0.303 e. The molecule has 1 heterocycles. The second-order valence-electron chi connectivity index (χ2n) is 17.6. The molecule has 5 aliphatic rings. The van der Waals surface area contributed by atoms with Gasteiger partial charge in [0.05, 0.1) is 12.7 Å². The predicted octanol–water partition coefficient (Wildman–Crippen LogP) is 1.32. The van der Waals surface area contributed by atoms with Crippen LogP contribution < -0.4 is 0 Å². The van der Waals surface area contributed by atoms with E-state index in [1.54, 1.807) is 27.7 Å². The summed E-state index contributed by atoms with van der Waals surface area (Å²) in [4.78, 5) is 54.0. The Balaban J connectivity index is 1.48. The van der Waals surface area contributed by atoms with Gasteiger partial charge in [0.1, 0.15) is 47.5 Å². The number of fused-ring (bicyclic) bond motifs is 5. The second kappa shape index (κ2) is 12.9. The summed E-state index contributed by atoms with van der Waals surface area (Å²) in [5, 5.41) is 64.7. The van der Waals surface area contributed by atoms with Crippen LogP contribution in [0.4, 0.5) is 0 Å². The van der Waals surface area contributed by atoms with Gasteiger partial charge in [0.2, 0.25) is 0 Å². The van der Waals surface area contributed by atoms with Gasteiger partial charge in [-0.15, -0.1) is 0 Å². The molecule has 3 saturated carbocycles. The Labute approximate surface area is 299 Å². The SMILES string of the molecule is CC(=O)OC(C)(C)/C=C/C(=O)[C@@](C)(O)[C@@H]1[C@@H](O)C[C@]2(C)C3CC=C4C(C[C@@H](OC5OC(CO)C(O)C(O)C5O)C(=O)C4(C)C)[C@@]3(C)C(=O)C[C@@]12C. The van der Waals surface area contributed by atoms with Crippen LogP contribution in [0.3, 0.4) is 0 Å². The molecule has 4 aliphatic carbocycles. The molecule has 0 radical (unpaired) electrons. The minimum Gasteiger partial charge on any atom is -0.456 e. The Morgan fingerprint density at radius 2 is 1.63 bits per heavy atom. The Bertz CT molecular complexity index is 1510. The van der Waals surface area contributed by atoms with Crippen LogP contribution in [0.15, 0.2) is 23.8 Å². The zero-order chi connectivity index (χ0) is 38.4. The second-order valence-corrected chi connectivity index (χ2v) is 17.6. The molecule has 0 aromatic rings. The van der Waals surface area contributed by atoms with E-state index in [1.165, 1.54) is 19.9 Å². The summed E-state index contributed by atoms with van der Waals surface area (Å²) in [5.74, 6) is -3.56. The van der Waals surface area contributed by atoms with Gasteiger partial charge in [-0.3, -0.25) is 19.2 Å². The third kappa shape index (κ3) is 6.00. The van der Waals surface area contributed by atoms with Gasteiger partial charge in [-0.05, 0) is 88.7 Å². The van der Waals surface area contributed by atoms with E-state index >= 15 is 0 Å². The molecular formula is C38H56O13. The molecule has 7 unspecified atom stereocenters. The van der Waals surface area contributed by atoms with Crippen molar-refractivity contribution < 1.29 is 64.0 Å². The standard InChI is InChI=1S/C38H56O13/c1-18(40)51-33(2,3)13-12-25(42)38(9,48)30-21(41)15-35(6)24-11-10-19-20(37(24,8)26(43)16-36(30,35)7)14-22(31(47)34(19,4)5)49-32-29(46)28(45)27(44)23(17-39)50-32/h10,12-13,20-24,27-30,32,39,41,44-46,48H,11,14-17H2,1-9H3/b13-12+/t20?,21-,22+,23?,24?,27?,28?,29?,30+,32?,35+,36-,37+,38+/m0/s1. The fraction of sp³-hybridized carbons (Fsp3) is 0.789.